The largest absolute Gasteiger partial charge is 0.490 e. The SMILES string of the molecule is Cc1cc(Cl)c(OCCOc2ccc(CC(N)Cc3ccc(-c4ccccc4CCC(N)=O)cc3C)cc2)c(Cl)c1. The zero-order valence-corrected chi connectivity index (χ0v) is 25.0. The summed E-state index contributed by atoms with van der Waals surface area (Å²) in [5.74, 6) is 0.943. The van der Waals surface area contributed by atoms with Crippen LogP contribution in [0, 0.1) is 13.8 Å². The summed E-state index contributed by atoms with van der Waals surface area (Å²) in [7, 11) is 0. The van der Waals surface area contributed by atoms with Crippen LogP contribution in [0.3, 0.4) is 0 Å². The minimum atomic E-state index is -0.289. The number of primary amides is 1. The lowest BCUT2D eigenvalue weighted by Crippen LogP contribution is -2.25. The molecule has 0 fully saturated rings. The summed E-state index contributed by atoms with van der Waals surface area (Å²) in [4.78, 5) is 11.3. The van der Waals surface area contributed by atoms with E-state index in [4.69, 9.17) is 44.1 Å². The fourth-order valence-corrected chi connectivity index (χ4v) is 5.58. The van der Waals surface area contributed by atoms with Crippen LogP contribution in [0.15, 0.2) is 78.9 Å². The molecule has 0 saturated carbocycles. The summed E-state index contributed by atoms with van der Waals surface area (Å²) >= 11 is 12.5. The molecule has 41 heavy (non-hydrogen) atoms. The van der Waals surface area contributed by atoms with Crippen molar-refractivity contribution in [3.05, 3.63) is 117 Å². The maximum absolute atomic E-state index is 11.3. The molecule has 0 aliphatic heterocycles. The van der Waals surface area contributed by atoms with E-state index < -0.39 is 0 Å². The van der Waals surface area contributed by atoms with E-state index >= 15 is 0 Å². The van der Waals surface area contributed by atoms with Gasteiger partial charge in [-0.1, -0.05) is 77.8 Å². The molecule has 1 unspecified atom stereocenters. The third kappa shape index (κ3) is 8.74. The summed E-state index contributed by atoms with van der Waals surface area (Å²) in [6, 6.07) is 26.2. The van der Waals surface area contributed by atoms with Crippen LogP contribution >= 0.6 is 23.2 Å². The van der Waals surface area contributed by atoms with Gasteiger partial charge >= 0.3 is 0 Å². The summed E-state index contributed by atoms with van der Waals surface area (Å²) in [5, 5.41) is 0.980. The minimum Gasteiger partial charge on any atom is -0.490 e. The Morgan fingerprint density at radius 3 is 2.20 bits per heavy atom. The van der Waals surface area contributed by atoms with Gasteiger partial charge in [0.2, 0.25) is 5.91 Å². The molecule has 7 heteroatoms. The van der Waals surface area contributed by atoms with E-state index in [2.05, 4.69) is 37.3 Å². The number of carbonyl (C=O) groups is 1. The Labute approximate surface area is 252 Å². The molecule has 214 valence electrons. The highest BCUT2D eigenvalue weighted by molar-refractivity contribution is 6.37. The number of rotatable bonds is 13. The molecule has 0 spiro atoms. The second kappa shape index (κ2) is 14.4. The number of hydrogen-bond acceptors (Lipinski definition) is 4. The summed E-state index contributed by atoms with van der Waals surface area (Å²) in [6.45, 7) is 4.74. The van der Waals surface area contributed by atoms with E-state index in [9.17, 15) is 4.79 Å². The average Bonchev–Trinajstić information content (AvgIpc) is 2.93. The third-order valence-electron chi connectivity index (χ3n) is 6.96. The Morgan fingerprint density at radius 2 is 1.51 bits per heavy atom. The molecule has 0 aliphatic carbocycles. The molecule has 1 atom stereocenters. The second-order valence-electron chi connectivity index (χ2n) is 10.3. The molecule has 0 saturated heterocycles. The molecule has 5 nitrogen and oxygen atoms in total. The van der Waals surface area contributed by atoms with Crippen molar-refractivity contribution < 1.29 is 14.3 Å². The van der Waals surface area contributed by atoms with Gasteiger partial charge in [0.05, 0.1) is 10.0 Å². The summed E-state index contributed by atoms with van der Waals surface area (Å²) in [5.41, 5.74) is 19.9. The van der Waals surface area contributed by atoms with Crippen molar-refractivity contribution in [3.63, 3.8) is 0 Å². The molecule has 4 N–H and O–H groups in total. The van der Waals surface area contributed by atoms with Crippen LogP contribution in [-0.4, -0.2) is 25.2 Å². The highest BCUT2D eigenvalue weighted by Crippen LogP contribution is 2.34. The van der Waals surface area contributed by atoms with Crippen LogP contribution in [0.5, 0.6) is 11.5 Å². The normalized spacial score (nSPS) is 11.7. The number of ether oxygens (including phenoxy) is 2. The second-order valence-corrected chi connectivity index (χ2v) is 11.1. The zero-order valence-electron chi connectivity index (χ0n) is 23.5. The molecule has 4 aromatic carbocycles. The molecule has 4 rings (SSSR count). The van der Waals surface area contributed by atoms with Gasteiger partial charge in [0.15, 0.2) is 5.75 Å². The van der Waals surface area contributed by atoms with Crippen molar-refractivity contribution in [2.24, 2.45) is 11.5 Å². The summed E-state index contributed by atoms with van der Waals surface area (Å²) < 4.78 is 11.5. The molecule has 0 radical (unpaired) electrons. The van der Waals surface area contributed by atoms with Gasteiger partial charge in [0, 0.05) is 12.5 Å². The molecule has 0 aromatic heterocycles. The fourth-order valence-electron chi connectivity index (χ4n) is 4.88. The quantitative estimate of drug-likeness (QED) is 0.160. The van der Waals surface area contributed by atoms with Crippen LogP contribution in [0.4, 0.5) is 0 Å². The van der Waals surface area contributed by atoms with Crippen molar-refractivity contribution in [2.75, 3.05) is 13.2 Å². The van der Waals surface area contributed by atoms with Crippen molar-refractivity contribution in [3.8, 4) is 22.6 Å². The lowest BCUT2D eigenvalue weighted by molar-refractivity contribution is -0.117. The first-order valence-electron chi connectivity index (χ1n) is 13.7. The first-order valence-corrected chi connectivity index (χ1v) is 14.5. The Hall–Kier alpha value is -3.51. The molecule has 1 amide bonds. The number of hydrogen-bond donors (Lipinski definition) is 2. The lowest BCUT2D eigenvalue weighted by Gasteiger charge is -2.16. The van der Waals surface area contributed by atoms with E-state index in [0.717, 1.165) is 46.4 Å². The van der Waals surface area contributed by atoms with E-state index in [1.807, 2.05) is 55.5 Å². The number of halogens is 2. The Bertz CT molecular complexity index is 1470. The molecule has 0 heterocycles. The van der Waals surface area contributed by atoms with Crippen LogP contribution in [-0.2, 0) is 24.1 Å². The predicted molar refractivity (Wildman–Crippen MR) is 168 cm³/mol. The van der Waals surface area contributed by atoms with Gasteiger partial charge < -0.3 is 20.9 Å². The van der Waals surface area contributed by atoms with Crippen molar-refractivity contribution in [2.45, 2.75) is 45.6 Å². The first kappa shape index (κ1) is 30.4. The van der Waals surface area contributed by atoms with Gasteiger partial charge in [-0.05, 0) is 96.3 Å². The number of carbonyl (C=O) groups excluding carboxylic acids is 1. The maximum Gasteiger partial charge on any atom is 0.217 e. The number of nitrogens with two attached hydrogens (primary N) is 2. The number of aryl methyl sites for hydroxylation is 3. The number of benzene rings is 4. The highest BCUT2D eigenvalue weighted by atomic mass is 35.5. The smallest absolute Gasteiger partial charge is 0.217 e. The Balaban J connectivity index is 1.28. The predicted octanol–water partition coefficient (Wildman–Crippen LogP) is 7.27. The average molecular weight is 592 g/mol. The van der Waals surface area contributed by atoms with Crippen LogP contribution in [0.2, 0.25) is 10.0 Å². The molecule has 4 aromatic rings. The van der Waals surface area contributed by atoms with Gasteiger partial charge in [-0.15, -0.1) is 0 Å². The topological polar surface area (TPSA) is 87.6 Å². The number of amides is 1. The van der Waals surface area contributed by atoms with Gasteiger partial charge in [-0.3, -0.25) is 4.79 Å². The minimum absolute atomic E-state index is 0.0217. The zero-order chi connectivity index (χ0) is 29.4. The van der Waals surface area contributed by atoms with Gasteiger partial charge in [0.1, 0.15) is 19.0 Å². The standard InChI is InChI=1S/C34H36Cl2N2O3/c1-22-17-31(35)34(32(36)18-22)41-16-15-40-29-12-7-24(8-13-29)20-28(37)21-26-9-10-27(19-23(26)2)30-6-4-3-5-25(30)11-14-33(38)39/h3-10,12-13,17-19,28H,11,14-16,20-21,37H2,1-2H3,(H2,38,39). The van der Waals surface area contributed by atoms with Gasteiger partial charge in [-0.2, -0.15) is 0 Å². The summed E-state index contributed by atoms with van der Waals surface area (Å²) in [6.07, 6.45) is 2.50. The maximum atomic E-state index is 11.3. The van der Waals surface area contributed by atoms with Crippen molar-refractivity contribution >= 4 is 29.1 Å². The molecular weight excluding hydrogens is 555 g/mol. The Morgan fingerprint density at radius 1 is 0.829 bits per heavy atom. The van der Waals surface area contributed by atoms with Crippen LogP contribution in [0.1, 0.15) is 34.2 Å². The van der Waals surface area contributed by atoms with E-state index in [1.165, 1.54) is 11.1 Å². The monoisotopic (exact) mass is 590 g/mol. The fraction of sp³-hybridized carbons (Fsp3) is 0.265. The van der Waals surface area contributed by atoms with E-state index in [-0.39, 0.29) is 11.9 Å². The first-order chi connectivity index (χ1) is 19.7. The van der Waals surface area contributed by atoms with Crippen molar-refractivity contribution in [1.82, 2.24) is 0 Å². The van der Waals surface area contributed by atoms with Crippen LogP contribution in [0.25, 0.3) is 11.1 Å². The van der Waals surface area contributed by atoms with Gasteiger partial charge in [0.25, 0.3) is 0 Å². The lowest BCUT2D eigenvalue weighted by atomic mass is 9.91. The third-order valence-corrected chi connectivity index (χ3v) is 7.52. The molecule has 0 aliphatic rings. The van der Waals surface area contributed by atoms with E-state index in [1.54, 1.807) is 0 Å². The highest BCUT2D eigenvalue weighted by Gasteiger charge is 2.12. The van der Waals surface area contributed by atoms with E-state index in [0.29, 0.717) is 41.9 Å². The Kier molecular flexibility index (Phi) is 10.7. The molecule has 0 bridgehead atoms. The van der Waals surface area contributed by atoms with Gasteiger partial charge in [-0.25, -0.2) is 0 Å². The molecular formula is C34H36Cl2N2O3. The van der Waals surface area contributed by atoms with Crippen LogP contribution < -0.4 is 20.9 Å². The van der Waals surface area contributed by atoms with Crippen molar-refractivity contribution in [1.29, 1.82) is 0 Å².